The summed E-state index contributed by atoms with van der Waals surface area (Å²) in [6.07, 6.45) is 3.18. The summed E-state index contributed by atoms with van der Waals surface area (Å²) in [6, 6.07) is 15.3. The van der Waals surface area contributed by atoms with Crippen molar-refractivity contribution in [3.63, 3.8) is 0 Å². The van der Waals surface area contributed by atoms with E-state index < -0.39 is 6.04 Å². The van der Waals surface area contributed by atoms with Crippen molar-refractivity contribution in [3.8, 4) is 11.3 Å². The first-order valence-electron chi connectivity index (χ1n) is 7.32. The molecular weight excluding hydrogens is 324 g/mol. The first-order chi connectivity index (χ1) is 11.6. The van der Waals surface area contributed by atoms with Crippen molar-refractivity contribution < 1.29 is 4.79 Å². The van der Waals surface area contributed by atoms with Crippen LogP contribution in [-0.2, 0) is 4.79 Å². The molecule has 5 nitrogen and oxygen atoms in total. The molecule has 0 bridgehead atoms. The Kier molecular flexibility index (Phi) is 4.84. The summed E-state index contributed by atoms with van der Waals surface area (Å²) in [5.41, 5.74) is 9.12. The summed E-state index contributed by atoms with van der Waals surface area (Å²) in [6.45, 7) is 0. The number of carbonyl (C=O) groups excluding carboxylic acids is 1. The third kappa shape index (κ3) is 3.76. The maximum atomic E-state index is 12.3. The van der Waals surface area contributed by atoms with E-state index >= 15 is 0 Å². The molecule has 1 amide bonds. The summed E-state index contributed by atoms with van der Waals surface area (Å²) in [5, 5.41) is 3.41. The Bertz CT molecular complexity index is 820. The predicted molar refractivity (Wildman–Crippen MR) is 94.5 cm³/mol. The molecule has 0 spiro atoms. The van der Waals surface area contributed by atoms with Crippen LogP contribution in [0, 0.1) is 0 Å². The lowest BCUT2D eigenvalue weighted by Gasteiger charge is -2.13. The highest BCUT2D eigenvalue weighted by molar-refractivity contribution is 6.30. The molecule has 3 rings (SSSR count). The average molecular weight is 339 g/mol. The first kappa shape index (κ1) is 16.1. The molecule has 0 fully saturated rings. The third-order valence-corrected chi connectivity index (χ3v) is 3.79. The van der Waals surface area contributed by atoms with Gasteiger partial charge in [-0.3, -0.25) is 4.79 Å². The van der Waals surface area contributed by atoms with Gasteiger partial charge in [-0.1, -0.05) is 35.9 Å². The lowest BCUT2D eigenvalue weighted by atomic mass is 10.1. The molecule has 0 saturated heterocycles. The summed E-state index contributed by atoms with van der Waals surface area (Å²) in [7, 11) is 0. The van der Waals surface area contributed by atoms with Gasteiger partial charge >= 0.3 is 0 Å². The second kappa shape index (κ2) is 7.21. The molecule has 6 heteroatoms. The third-order valence-electron chi connectivity index (χ3n) is 3.54. The van der Waals surface area contributed by atoms with Crippen molar-refractivity contribution in [1.82, 2.24) is 9.97 Å². The van der Waals surface area contributed by atoms with Gasteiger partial charge in [0.15, 0.2) is 0 Å². The predicted octanol–water partition coefficient (Wildman–Crippen LogP) is 3.44. The number of nitrogens with two attached hydrogens (primary N) is 1. The van der Waals surface area contributed by atoms with Gasteiger partial charge in [0.05, 0.1) is 5.69 Å². The van der Waals surface area contributed by atoms with E-state index in [0.29, 0.717) is 16.3 Å². The highest BCUT2D eigenvalue weighted by Crippen LogP contribution is 2.20. The van der Waals surface area contributed by atoms with Crippen molar-refractivity contribution in [3.05, 3.63) is 77.7 Å². The number of rotatable bonds is 4. The van der Waals surface area contributed by atoms with Crippen LogP contribution in [0.4, 0.5) is 5.69 Å². The van der Waals surface area contributed by atoms with Crippen LogP contribution in [0.25, 0.3) is 11.3 Å². The summed E-state index contributed by atoms with van der Waals surface area (Å²) < 4.78 is 0. The van der Waals surface area contributed by atoms with E-state index in [1.165, 1.54) is 6.33 Å². The van der Waals surface area contributed by atoms with Crippen LogP contribution < -0.4 is 11.1 Å². The van der Waals surface area contributed by atoms with Crippen molar-refractivity contribution >= 4 is 23.2 Å². The number of hydrogen-bond acceptors (Lipinski definition) is 4. The quantitative estimate of drug-likeness (QED) is 0.763. The van der Waals surface area contributed by atoms with Crippen LogP contribution in [0.1, 0.15) is 11.6 Å². The van der Waals surface area contributed by atoms with E-state index in [0.717, 1.165) is 11.3 Å². The largest absolute Gasteiger partial charge is 0.324 e. The number of nitrogens with one attached hydrogen (secondary N) is 1. The van der Waals surface area contributed by atoms with Gasteiger partial charge in [-0.15, -0.1) is 0 Å². The van der Waals surface area contributed by atoms with E-state index in [-0.39, 0.29) is 5.91 Å². The van der Waals surface area contributed by atoms with E-state index in [1.54, 1.807) is 30.5 Å². The maximum absolute atomic E-state index is 12.3. The fourth-order valence-electron chi connectivity index (χ4n) is 2.23. The minimum Gasteiger partial charge on any atom is -0.324 e. The first-order valence-corrected chi connectivity index (χ1v) is 7.69. The molecule has 0 aliphatic heterocycles. The van der Waals surface area contributed by atoms with Crippen molar-refractivity contribution in [1.29, 1.82) is 0 Å². The second-order valence-electron chi connectivity index (χ2n) is 5.19. The van der Waals surface area contributed by atoms with E-state index in [9.17, 15) is 4.79 Å². The van der Waals surface area contributed by atoms with Gasteiger partial charge in [0, 0.05) is 22.5 Å². The highest BCUT2D eigenvalue weighted by Gasteiger charge is 2.15. The Hall–Kier alpha value is -2.76. The number of amides is 1. The standard InChI is InChI=1S/C18H15ClN4O/c19-14-5-1-13(2-6-14)17(20)18(24)23-15-7-3-12(4-8-15)16-9-10-21-11-22-16/h1-11,17H,20H2,(H,23,24). The van der Waals surface area contributed by atoms with Gasteiger partial charge in [-0.05, 0) is 35.9 Å². The summed E-state index contributed by atoms with van der Waals surface area (Å²) in [5.74, 6) is -0.285. The van der Waals surface area contributed by atoms with Crippen LogP contribution in [-0.4, -0.2) is 15.9 Å². The van der Waals surface area contributed by atoms with Gasteiger partial charge in [-0.25, -0.2) is 9.97 Å². The van der Waals surface area contributed by atoms with Crippen LogP contribution >= 0.6 is 11.6 Å². The maximum Gasteiger partial charge on any atom is 0.245 e. The zero-order valence-electron chi connectivity index (χ0n) is 12.7. The molecular formula is C18H15ClN4O. The monoisotopic (exact) mass is 338 g/mol. The zero-order chi connectivity index (χ0) is 16.9. The molecule has 1 atom stereocenters. The smallest absolute Gasteiger partial charge is 0.245 e. The molecule has 0 saturated carbocycles. The molecule has 1 unspecified atom stereocenters. The van der Waals surface area contributed by atoms with Crippen molar-refractivity contribution in [2.45, 2.75) is 6.04 Å². The summed E-state index contributed by atoms with van der Waals surface area (Å²) in [4.78, 5) is 20.3. The van der Waals surface area contributed by atoms with Crippen LogP contribution in [0.5, 0.6) is 0 Å². The Morgan fingerprint density at radius 1 is 1.04 bits per heavy atom. The fourth-order valence-corrected chi connectivity index (χ4v) is 2.35. The number of anilines is 1. The van der Waals surface area contributed by atoms with E-state index in [1.807, 2.05) is 30.3 Å². The molecule has 1 heterocycles. The minimum atomic E-state index is -0.760. The van der Waals surface area contributed by atoms with Crippen molar-refractivity contribution in [2.24, 2.45) is 5.73 Å². The molecule has 0 aliphatic carbocycles. The molecule has 3 aromatic rings. The molecule has 2 aromatic carbocycles. The number of halogens is 1. The van der Waals surface area contributed by atoms with Gasteiger partial charge in [0.2, 0.25) is 5.91 Å². The molecule has 3 N–H and O–H groups in total. The van der Waals surface area contributed by atoms with E-state index in [4.69, 9.17) is 17.3 Å². The minimum absolute atomic E-state index is 0.285. The number of aromatic nitrogens is 2. The number of hydrogen-bond donors (Lipinski definition) is 2. The van der Waals surface area contributed by atoms with Crippen LogP contribution in [0.2, 0.25) is 5.02 Å². The molecule has 24 heavy (non-hydrogen) atoms. The number of benzene rings is 2. The lowest BCUT2D eigenvalue weighted by molar-refractivity contribution is -0.117. The summed E-state index contributed by atoms with van der Waals surface area (Å²) >= 11 is 5.84. The lowest BCUT2D eigenvalue weighted by Crippen LogP contribution is -2.27. The number of nitrogens with zero attached hydrogens (tertiary/aromatic N) is 2. The van der Waals surface area contributed by atoms with Gasteiger partial charge in [0.1, 0.15) is 12.4 Å². The second-order valence-corrected chi connectivity index (χ2v) is 5.63. The molecule has 0 aliphatic rings. The molecule has 1 aromatic heterocycles. The van der Waals surface area contributed by atoms with Crippen molar-refractivity contribution in [2.75, 3.05) is 5.32 Å². The van der Waals surface area contributed by atoms with Gasteiger partial charge in [-0.2, -0.15) is 0 Å². The Morgan fingerprint density at radius 3 is 2.38 bits per heavy atom. The Morgan fingerprint density at radius 2 is 1.75 bits per heavy atom. The Labute approximate surface area is 144 Å². The topological polar surface area (TPSA) is 80.9 Å². The number of carbonyl (C=O) groups is 1. The molecule has 120 valence electrons. The SMILES string of the molecule is NC(C(=O)Nc1ccc(-c2ccncn2)cc1)c1ccc(Cl)cc1. The zero-order valence-corrected chi connectivity index (χ0v) is 13.4. The van der Waals surface area contributed by atoms with E-state index in [2.05, 4.69) is 15.3 Å². The van der Waals surface area contributed by atoms with Crippen LogP contribution in [0.3, 0.4) is 0 Å². The fraction of sp³-hybridized carbons (Fsp3) is 0.0556. The van der Waals surface area contributed by atoms with Gasteiger partial charge in [0.25, 0.3) is 0 Å². The Balaban J connectivity index is 1.69. The van der Waals surface area contributed by atoms with Gasteiger partial charge < -0.3 is 11.1 Å². The highest BCUT2D eigenvalue weighted by atomic mass is 35.5. The van der Waals surface area contributed by atoms with Crippen LogP contribution in [0.15, 0.2) is 67.1 Å². The average Bonchev–Trinajstić information content (AvgIpc) is 2.63. The normalized spacial score (nSPS) is 11.8. The molecule has 0 radical (unpaired) electrons.